The summed E-state index contributed by atoms with van der Waals surface area (Å²) in [6, 6.07) is 6.48. The van der Waals surface area contributed by atoms with Gasteiger partial charge in [0.05, 0.1) is 11.7 Å². The second-order valence-corrected chi connectivity index (χ2v) is 10.5. The van der Waals surface area contributed by atoms with E-state index in [4.69, 9.17) is 0 Å². The molecular weight excluding hydrogens is 452 g/mol. The molecule has 2 aromatic rings. The van der Waals surface area contributed by atoms with Gasteiger partial charge in [0.25, 0.3) is 11.8 Å². The number of carbonyl (C=O) groups is 2. The topological polar surface area (TPSA) is 92.0 Å². The molecule has 0 radical (unpaired) electrons. The summed E-state index contributed by atoms with van der Waals surface area (Å²) in [5.74, 6) is -0.590. The van der Waals surface area contributed by atoms with E-state index in [9.17, 15) is 9.59 Å². The largest absolute Gasteiger partial charge is 0.341 e. The summed E-state index contributed by atoms with van der Waals surface area (Å²) in [6.45, 7) is 5.10. The van der Waals surface area contributed by atoms with Gasteiger partial charge in [-0.25, -0.2) is 0 Å². The third-order valence-electron chi connectivity index (χ3n) is 7.69. The van der Waals surface area contributed by atoms with Gasteiger partial charge in [-0.1, -0.05) is 56.0 Å². The molecule has 0 saturated carbocycles. The molecule has 5 rings (SSSR count). The SMILES string of the molecule is CCCCCCCn1cc([C@]2(C)CC(c3ccc4c(c3)CCCC4)=C(N3N=NCC3=O)C(=O)N2)cn1. The molecule has 36 heavy (non-hydrogen) atoms. The van der Waals surface area contributed by atoms with E-state index < -0.39 is 5.54 Å². The summed E-state index contributed by atoms with van der Waals surface area (Å²) in [5, 5.41) is 16.8. The first-order valence-corrected chi connectivity index (χ1v) is 13.4. The molecule has 8 heteroatoms. The summed E-state index contributed by atoms with van der Waals surface area (Å²) in [4.78, 5) is 26.1. The second-order valence-electron chi connectivity index (χ2n) is 10.5. The lowest BCUT2D eigenvalue weighted by Crippen LogP contribution is -2.50. The molecule has 0 unspecified atom stereocenters. The van der Waals surface area contributed by atoms with E-state index in [0.29, 0.717) is 6.42 Å². The Morgan fingerprint density at radius 2 is 1.86 bits per heavy atom. The first-order chi connectivity index (χ1) is 17.5. The van der Waals surface area contributed by atoms with Crippen LogP contribution in [0.25, 0.3) is 5.57 Å². The maximum absolute atomic E-state index is 13.6. The minimum Gasteiger partial charge on any atom is -0.341 e. The van der Waals surface area contributed by atoms with Gasteiger partial charge in [-0.2, -0.15) is 15.2 Å². The number of rotatable bonds is 9. The lowest BCUT2D eigenvalue weighted by atomic mass is 9.79. The van der Waals surface area contributed by atoms with Gasteiger partial charge < -0.3 is 5.32 Å². The van der Waals surface area contributed by atoms with Crippen LogP contribution < -0.4 is 5.32 Å². The highest BCUT2D eigenvalue weighted by molar-refractivity contribution is 6.06. The standard InChI is InChI=1S/C28H36N6O2/c1-3-4-5-6-9-14-33-19-23(17-30-33)28(2)16-24(22-13-12-20-10-7-8-11-21(20)15-22)26(27(36)31-28)34-25(35)18-29-32-34/h12-13,15,17,19H,3-11,14,16,18H2,1-2H3,(H,31,36)/t28-/m0/s1. The van der Waals surface area contributed by atoms with Crippen LogP contribution in [0.4, 0.5) is 0 Å². The van der Waals surface area contributed by atoms with Crippen molar-refractivity contribution in [2.75, 3.05) is 6.54 Å². The minimum absolute atomic E-state index is 0.0312. The molecule has 0 fully saturated rings. The number of nitrogens with one attached hydrogen (secondary N) is 1. The second kappa shape index (κ2) is 10.4. The lowest BCUT2D eigenvalue weighted by molar-refractivity contribution is -0.130. The number of benzene rings is 1. The monoisotopic (exact) mass is 488 g/mol. The van der Waals surface area contributed by atoms with Crippen LogP contribution in [0.3, 0.4) is 0 Å². The first-order valence-electron chi connectivity index (χ1n) is 13.4. The zero-order chi connectivity index (χ0) is 25.1. The molecular formula is C28H36N6O2. The zero-order valence-corrected chi connectivity index (χ0v) is 21.4. The molecule has 1 atom stereocenters. The van der Waals surface area contributed by atoms with Crippen LogP contribution in [0, 0.1) is 0 Å². The van der Waals surface area contributed by atoms with Crippen molar-refractivity contribution in [3.05, 3.63) is 58.5 Å². The fourth-order valence-corrected chi connectivity index (χ4v) is 5.58. The maximum atomic E-state index is 13.6. The molecule has 1 aromatic heterocycles. The highest BCUT2D eigenvalue weighted by Crippen LogP contribution is 2.40. The van der Waals surface area contributed by atoms with Crippen molar-refractivity contribution in [1.29, 1.82) is 0 Å². The average Bonchev–Trinajstić information content (AvgIpc) is 3.53. The van der Waals surface area contributed by atoms with E-state index in [0.717, 1.165) is 42.5 Å². The summed E-state index contributed by atoms with van der Waals surface area (Å²) in [5.41, 5.74) is 5.13. The average molecular weight is 489 g/mol. The Labute approximate surface area is 212 Å². The van der Waals surface area contributed by atoms with Gasteiger partial charge in [-0.3, -0.25) is 14.3 Å². The van der Waals surface area contributed by atoms with Gasteiger partial charge in [0.15, 0.2) is 0 Å². The molecule has 1 aromatic carbocycles. The third-order valence-corrected chi connectivity index (χ3v) is 7.69. The van der Waals surface area contributed by atoms with Crippen LogP contribution >= 0.6 is 0 Å². The Bertz CT molecular complexity index is 1210. The van der Waals surface area contributed by atoms with Gasteiger partial charge in [0.1, 0.15) is 12.2 Å². The Balaban J connectivity index is 1.46. The number of fused-ring (bicyclic) bond motifs is 1. The minimum atomic E-state index is -0.647. The molecule has 3 aliphatic rings. The number of aryl methyl sites for hydroxylation is 3. The van der Waals surface area contributed by atoms with Crippen LogP contribution in [0.5, 0.6) is 0 Å². The molecule has 0 saturated heterocycles. The molecule has 1 N–H and O–H groups in total. The van der Waals surface area contributed by atoms with Crippen molar-refractivity contribution in [1.82, 2.24) is 20.1 Å². The van der Waals surface area contributed by atoms with Gasteiger partial charge in [0, 0.05) is 24.7 Å². The van der Waals surface area contributed by atoms with Crippen LogP contribution in [-0.4, -0.2) is 33.1 Å². The van der Waals surface area contributed by atoms with E-state index in [-0.39, 0.29) is 24.1 Å². The predicted octanol–water partition coefficient (Wildman–Crippen LogP) is 5.09. The summed E-state index contributed by atoms with van der Waals surface area (Å²) < 4.78 is 1.98. The molecule has 3 heterocycles. The summed E-state index contributed by atoms with van der Waals surface area (Å²) >= 11 is 0. The van der Waals surface area contributed by atoms with Crippen LogP contribution in [0.15, 0.2) is 46.6 Å². The number of aromatic nitrogens is 2. The van der Waals surface area contributed by atoms with Gasteiger partial charge in [-0.15, -0.1) is 0 Å². The van der Waals surface area contributed by atoms with Crippen molar-refractivity contribution in [3.8, 4) is 0 Å². The number of unbranched alkanes of at least 4 members (excludes halogenated alkanes) is 4. The van der Waals surface area contributed by atoms with E-state index >= 15 is 0 Å². The Hall–Kier alpha value is -3.29. The first kappa shape index (κ1) is 24.4. The summed E-state index contributed by atoms with van der Waals surface area (Å²) in [6.07, 6.45) is 15.0. The van der Waals surface area contributed by atoms with Crippen LogP contribution in [0.2, 0.25) is 0 Å². The fourth-order valence-electron chi connectivity index (χ4n) is 5.58. The van der Waals surface area contributed by atoms with Crippen molar-refractivity contribution in [2.24, 2.45) is 10.3 Å². The lowest BCUT2D eigenvalue weighted by Gasteiger charge is -2.37. The Kier molecular flexibility index (Phi) is 7.03. The maximum Gasteiger partial charge on any atom is 0.272 e. The molecule has 2 amide bonds. The quantitative estimate of drug-likeness (QED) is 0.499. The van der Waals surface area contributed by atoms with Gasteiger partial charge in [-0.05, 0) is 61.3 Å². The van der Waals surface area contributed by atoms with Crippen LogP contribution in [0.1, 0.15) is 87.5 Å². The number of carbonyl (C=O) groups excluding carboxylic acids is 2. The van der Waals surface area contributed by atoms with Gasteiger partial charge in [0.2, 0.25) is 0 Å². The molecule has 0 bridgehead atoms. The molecule has 8 nitrogen and oxygen atoms in total. The number of nitrogens with zero attached hydrogens (tertiary/aromatic N) is 5. The predicted molar refractivity (Wildman–Crippen MR) is 138 cm³/mol. The number of hydrogen-bond donors (Lipinski definition) is 1. The normalized spacial score (nSPS) is 21.8. The highest BCUT2D eigenvalue weighted by Gasteiger charge is 2.42. The fraction of sp³-hybridized carbons (Fsp3) is 0.536. The molecule has 190 valence electrons. The molecule has 2 aliphatic heterocycles. The number of hydrogen-bond acceptors (Lipinski definition) is 5. The van der Waals surface area contributed by atoms with Crippen LogP contribution in [-0.2, 0) is 34.5 Å². The Morgan fingerprint density at radius 3 is 2.64 bits per heavy atom. The smallest absolute Gasteiger partial charge is 0.272 e. The van der Waals surface area contributed by atoms with Gasteiger partial charge >= 0.3 is 0 Å². The van der Waals surface area contributed by atoms with E-state index in [1.54, 1.807) is 0 Å². The highest BCUT2D eigenvalue weighted by atomic mass is 16.2. The van der Waals surface area contributed by atoms with Crippen molar-refractivity contribution < 1.29 is 9.59 Å². The third kappa shape index (κ3) is 4.86. The van der Waals surface area contributed by atoms with E-state index in [2.05, 4.69) is 52.1 Å². The number of amides is 2. The molecule has 0 spiro atoms. The molecule has 1 aliphatic carbocycles. The van der Waals surface area contributed by atoms with Crippen molar-refractivity contribution in [3.63, 3.8) is 0 Å². The van der Waals surface area contributed by atoms with Crippen molar-refractivity contribution in [2.45, 2.75) is 90.1 Å². The zero-order valence-electron chi connectivity index (χ0n) is 21.4. The van der Waals surface area contributed by atoms with E-state index in [1.165, 1.54) is 54.7 Å². The Morgan fingerprint density at radius 1 is 1.06 bits per heavy atom. The van der Waals surface area contributed by atoms with Crippen molar-refractivity contribution >= 4 is 17.4 Å². The van der Waals surface area contributed by atoms with E-state index in [1.807, 2.05) is 17.8 Å². The summed E-state index contributed by atoms with van der Waals surface area (Å²) in [7, 11) is 0.